The summed E-state index contributed by atoms with van der Waals surface area (Å²) in [5.41, 5.74) is 8.14. The van der Waals surface area contributed by atoms with E-state index in [1.807, 2.05) is 19.1 Å². The number of thioether (sulfide) groups is 1. The van der Waals surface area contributed by atoms with Crippen LogP contribution in [0.15, 0.2) is 40.3 Å². The second-order valence-electron chi connectivity index (χ2n) is 4.37. The van der Waals surface area contributed by atoms with E-state index in [0.717, 1.165) is 23.4 Å². The summed E-state index contributed by atoms with van der Waals surface area (Å²) >= 11 is 1.51. The number of nitrogens with zero attached hydrogens (tertiary/aromatic N) is 1. The lowest BCUT2D eigenvalue weighted by Crippen LogP contribution is -2.12. The first-order chi connectivity index (χ1) is 9.65. The number of hydrogen-bond acceptors (Lipinski definition) is 5. The minimum atomic E-state index is 0.00544. The number of aryl methyl sites for hydroxylation is 1. The van der Waals surface area contributed by atoms with Gasteiger partial charge >= 0.3 is 0 Å². The van der Waals surface area contributed by atoms with Crippen LogP contribution in [0.1, 0.15) is 18.4 Å². The van der Waals surface area contributed by atoms with Crippen LogP contribution in [-0.4, -0.2) is 16.6 Å². The van der Waals surface area contributed by atoms with Crippen LogP contribution in [0.3, 0.4) is 0 Å². The van der Waals surface area contributed by atoms with E-state index in [0.29, 0.717) is 17.3 Å². The number of nitrogen functional groups attached to an aromatic ring is 1. The molecule has 1 aromatic heterocycles. The van der Waals surface area contributed by atoms with Crippen molar-refractivity contribution in [1.29, 1.82) is 0 Å². The minimum absolute atomic E-state index is 0.00544. The van der Waals surface area contributed by atoms with Crippen molar-refractivity contribution in [1.82, 2.24) is 4.98 Å². The fraction of sp³-hybridized carbons (Fsp3) is 0.286. The molecule has 106 valence electrons. The minimum Gasteiger partial charge on any atom is -0.440 e. The van der Waals surface area contributed by atoms with Crippen LogP contribution in [0, 0.1) is 6.92 Å². The largest absolute Gasteiger partial charge is 0.440 e. The Morgan fingerprint density at radius 1 is 1.50 bits per heavy atom. The van der Waals surface area contributed by atoms with Crippen LogP contribution in [-0.2, 0) is 4.79 Å². The molecule has 0 spiro atoms. The lowest BCUT2D eigenvalue weighted by molar-refractivity contribution is -0.116. The summed E-state index contributed by atoms with van der Waals surface area (Å²) in [6.07, 6.45) is 4.39. The molecule has 5 nitrogen and oxygen atoms in total. The van der Waals surface area contributed by atoms with Crippen molar-refractivity contribution in [2.24, 2.45) is 0 Å². The number of amides is 1. The third-order valence-electron chi connectivity index (χ3n) is 2.71. The summed E-state index contributed by atoms with van der Waals surface area (Å²) < 4.78 is 5.10. The Balaban J connectivity index is 1.72. The van der Waals surface area contributed by atoms with Crippen LogP contribution >= 0.6 is 11.8 Å². The van der Waals surface area contributed by atoms with Gasteiger partial charge in [-0.3, -0.25) is 4.79 Å². The number of benzene rings is 1. The molecule has 0 radical (unpaired) electrons. The molecule has 0 saturated carbocycles. The zero-order chi connectivity index (χ0) is 14.4. The Labute approximate surface area is 122 Å². The van der Waals surface area contributed by atoms with Crippen LogP contribution < -0.4 is 11.1 Å². The number of carbonyl (C=O) groups is 1. The van der Waals surface area contributed by atoms with Crippen molar-refractivity contribution in [2.75, 3.05) is 16.8 Å². The molecule has 0 saturated heterocycles. The monoisotopic (exact) mass is 291 g/mol. The van der Waals surface area contributed by atoms with E-state index < -0.39 is 0 Å². The summed E-state index contributed by atoms with van der Waals surface area (Å²) in [4.78, 5) is 15.8. The van der Waals surface area contributed by atoms with Crippen molar-refractivity contribution in [3.05, 3.63) is 36.2 Å². The maximum absolute atomic E-state index is 11.8. The predicted octanol–water partition coefficient (Wildman–Crippen LogP) is 3.08. The number of rotatable bonds is 6. The Morgan fingerprint density at radius 2 is 2.35 bits per heavy atom. The molecule has 0 aliphatic carbocycles. The van der Waals surface area contributed by atoms with Gasteiger partial charge in [0, 0.05) is 23.5 Å². The highest BCUT2D eigenvalue weighted by Crippen LogP contribution is 2.19. The van der Waals surface area contributed by atoms with E-state index in [9.17, 15) is 4.79 Å². The molecular formula is C14H17N3O2S. The highest BCUT2D eigenvalue weighted by Gasteiger charge is 2.06. The van der Waals surface area contributed by atoms with E-state index in [1.54, 1.807) is 18.5 Å². The highest BCUT2D eigenvalue weighted by molar-refractivity contribution is 7.99. The molecule has 2 aromatic rings. The van der Waals surface area contributed by atoms with E-state index in [2.05, 4.69) is 10.3 Å². The molecule has 0 unspecified atom stereocenters. The summed E-state index contributed by atoms with van der Waals surface area (Å²) in [5, 5.41) is 3.53. The number of aromatic nitrogens is 1. The summed E-state index contributed by atoms with van der Waals surface area (Å²) in [6.45, 7) is 1.92. The molecule has 0 bridgehead atoms. The van der Waals surface area contributed by atoms with E-state index in [-0.39, 0.29) is 5.91 Å². The Kier molecular flexibility index (Phi) is 5.06. The standard InChI is InChI=1S/C14H17N3O2S/c1-10-9-11(15)4-5-12(10)17-13(18)3-2-8-20-14-16-6-7-19-14/h4-7,9H,2-3,8,15H2,1H3,(H,17,18). The number of nitrogens with two attached hydrogens (primary N) is 1. The average Bonchev–Trinajstić information content (AvgIpc) is 2.91. The lowest BCUT2D eigenvalue weighted by Gasteiger charge is -2.08. The van der Waals surface area contributed by atoms with Crippen molar-refractivity contribution in [3.8, 4) is 0 Å². The Morgan fingerprint density at radius 3 is 3.05 bits per heavy atom. The molecule has 6 heteroatoms. The first-order valence-electron chi connectivity index (χ1n) is 6.33. The number of hydrogen-bond donors (Lipinski definition) is 2. The molecule has 20 heavy (non-hydrogen) atoms. The highest BCUT2D eigenvalue weighted by atomic mass is 32.2. The Hall–Kier alpha value is -1.95. The van der Waals surface area contributed by atoms with Gasteiger partial charge in [-0.05, 0) is 37.1 Å². The van der Waals surface area contributed by atoms with Crippen LogP contribution in [0.5, 0.6) is 0 Å². The van der Waals surface area contributed by atoms with Gasteiger partial charge < -0.3 is 15.5 Å². The van der Waals surface area contributed by atoms with Gasteiger partial charge in [-0.1, -0.05) is 11.8 Å². The van der Waals surface area contributed by atoms with E-state index in [4.69, 9.17) is 10.2 Å². The number of nitrogens with one attached hydrogen (secondary N) is 1. The zero-order valence-electron chi connectivity index (χ0n) is 11.3. The van der Waals surface area contributed by atoms with Gasteiger partial charge in [0.2, 0.25) is 5.91 Å². The molecular weight excluding hydrogens is 274 g/mol. The zero-order valence-corrected chi connectivity index (χ0v) is 12.1. The molecule has 1 aromatic carbocycles. The lowest BCUT2D eigenvalue weighted by atomic mass is 10.1. The van der Waals surface area contributed by atoms with Crippen molar-refractivity contribution in [3.63, 3.8) is 0 Å². The van der Waals surface area contributed by atoms with Crippen molar-refractivity contribution >= 4 is 29.0 Å². The van der Waals surface area contributed by atoms with Gasteiger partial charge in [-0.15, -0.1) is 0 Å². The van der Waals surface area contributed by atoms with Gasteiger partial charge in [0.25, 0.3) is 5.22 Å². The summed E-state index contributed by atoms with van der Waals surface area (Å²) in [6, 6.07) is 5.44. The third-order valence-corrected chi connectivity index (χ3v) is 3.65. The molecule has 3 N–H and O–H groups in total. The summed E-state index contributed by atoms with van der Waals surface area (Å²) in [7, 11) is 0. The molecule has 2 rings (SSSR count). The van der Waals surface area contributed by atoms with Gasteiger partial charge in [-0.25, -0.2) is 4.98 Å². The maximum atomic E-state index is 11.8. The predicted molar refractivity (Wildman–Crippen MR) is 80.7 cm³/mol. The van der Waals surface area contributed by atoms with E-state index in [1.165, 1.54) is 11.8 Å². The number of anilines is 2. The normalized spacial score (nSPS) is 10.4. The fourth-order valence-electron chi connectivity index (χ4n) is 1.71. The van der Waals surface area contributed by atoms with Gasteiger partial charge in [-0.2, -0.15) is 0 Å². The molecule has 0 atom stereocenters. The van der Waals surface area contributed by atoms with E-state index >= 15 is 0 Å². The van der Waals surface area contributed by atoms with Gasteiger partial charge in [0.05, 0.1) is 6.20 Å². The average molecular weight is 291 g/mol. The van der Waals surface area contributed by atoms with Crippen LogP contribution in [0.4, 0.5) is 11.4 Å². The van der Waals surface area contributed by atoms with Crippen LogP contribution in [0.25, 0.3) is 0 Å². The van der Waals surface area contributed by atoms with Crippen LogP contribution in [0.2, 0.25) is 0 Å². The first-order valence-corrected chi connectivity index (χ1v) is 7.32. The topological polar surface area (TPSA) is 81.1 Å². The maximum Gasteiger partial charge on any atom is 0.255 e. The summed E-state index contributed by atoms with van der Waals surface area (Å²) in [5.74, 6) is 0.806. The molecule has 0 fully saturated rings. The molecule has 1 amide bonds. The van der Waals surface area contributed by atoms with Crippen molar-refractivity contribution < 1.29 is 9.21 Å². The fourth-order valence-corrected chi connectivity index (χ4v) is 2.44. The molecule has 1 heterocycles. The van der Waals surface area contributed by atoms with Gasteiger partial charge in [0.15, 0.2) is 0 Å². The first kappa shape index (κ1) is 14.5. The second kappa shape index (κ2) is 7.00. The molecule has 0 aliphatic heterocycles. The Bertz CT molecular complexity index is 570. The second-order valence-corrected chi connectivity index (χ2v) is 5.42. The smallest absolute Gasteiger partial charge is 0.255 e. The number of carbonyl (C=O) groups excluding carboxylic acids is 1. The third kappa shape index (κ3) is 4.31. The van der Waals surface area contributed by atoms with Crippen molar-refractivity contribution in [2.45, 2.75) is 25.0 Å². The quantitative estimate of drug-likeness (QED) is 0.485. The van der Waals surface area contributed by atoms with Gasteiger partial charge in [0.1, 0.15) is 6.26 Å². The number of oxazole rings is 1. The SMILES string of the molecule is Cc1cc(N)ccc1NC(=O)CCCSc1ncco1. The molecule has 0 aliphatic rings.